The van der Waals surface area contributed by atoms with Crippen LogP contribution in [0.15, 0.2) is 78.9 Å². The summed E-state index contributed by atoms with van der Waals surface area (Å²) in [6.45, 7) is 4.01. The number of amides is 2. The molecule has 0 radical (unpaired) electrons. The second-order valence-electron chi connectivity index (χ2n) is 9.56. The molecule has 0 unspecified atom stereocenters. The molecule has 1 atom stereocenters. The lowest BCUT2D eigenvalue weighted by molar-refractivity contribution is -0.140. The number of nitrogens with one attached hydrogen (secondary N) is 1. The van der Waals surface area contributed by atoms with E-state index >= 15 is 0 Å². The first-order chi connectivity index (χ1) is 18.6. The van der Waals surface area contributed by atoms with Gasteiger partial charge in [-0.25, -0.2) is 8.42 Å². The van der Waals surface area contributed by atoms with Gasteiger partial charge in [-0.05, 0) is 42.2 Å². The molecule has 0 aliphatic carbocycles. The first kappa shape index (κ1) is 30.2. The molecule has 9 heteroatoms. The third-order valence-corrected chi connectivity index (χ3v) is 7.97. The van der Waals surface area contributed by atoms with Gasteiger partial charge < -0.3 is 10.2 Å². The van der Waals surface area contributed by atoms with Crippen LogP contribution >= 0.6 is 11.6 Å². The molecule has 3 rings (SSSR count). The van der Waals surface area contributed by atoms with Gasteiger partial charge in [0.05, 0.1) is 11.9 Å². The minimum absolute atomic E-state index is 0.143. The monoisotopic (exact) mass is 569 g/mol. The van der Waals surface area contributed by atoms with Crippen LogP contribution in [0.1, 0.15) is 36.5 Å². The Morgan fingerprint density at radius 1 is 0.949 bits per heavy atom. The molecule has 39 heavy (non-hydrogen) atoms. The van der Waals surface area contributed by atoms with Crippen LogP contribution in [0, 0.1) is 6.92 Å². The second-order valence-corrected chi connectivity index (χ2v) is 11.9. The Hall–Kier alpha value is -3.36. The van der Waals surface area contributed by atoms with E-state index in [0.29, 0.717) is 11.6 Å². The first-order valence-electron chi connectivity index (χ1n) is 13.0. The van der Waals surface area contributed by atoms with Gasteiger partial charge in [-0.3, -0.25) is 13.9 Å². The molecule has 3 aromatic rings. The fourth-order valence-corrected chi connectivity index (χ4v) is 5.21. The minimum atomic E-state index is -3.84. The summed E-state index contributed by atoms with van der Waals surface area (Å²) in [5.41, 5.74) is 2.80. The number of benzene rings is 3. The van der Waals surface area contributed by atoms with Gasteiger partial charge in [0.2, 0.25) is 21.8 Å². The van der Waals surface area contributed by atoms with Crippen molar-refractivity contribution < 1.29 is 18.0 Å². The molecule has 208 valence electrons. The lowest BCUT2D eigenvalue weighted by Crippen LogP contribution is -2.53. The van der Waals surface area contributed by atoms with E-state index in [1.807, 2.05) is 74.5 Å². The predicted octanol–water partition coefficient (Wildman–Crippen LogP) is 4.97. The maximum Gasteiger partial charge on any atom is 0.244 e. The lowest BCUT2D eigenvalue weighted by atomic mass is 10.0. The normalized spacial score (nSPS) is 12.0. The van der Waals surface area contributed by atoms with Crippen molar-refractivity contribution >= 4 is 39.1 Å². The number of carbonyl (C=O) groups excluding carboxylic acids is 2. The molecular weight excluding hydrogens is 534 g/mol. The van der Waals surface area contributed by atoms with E-state index in [2.05, 4.69) is 5.32 Å². The van der Waals surface area contributed by atoms with Gasteiger partial charge >= 0.3 is 0 Å². The summed E-state index contributed by atoms with van der Waals surface area (Å²) in [7, 11) is -3.84. The number of carbonyl (C=O) groups is 2. The molecule has 0 saturated carbocycles. The van der Waals surface area contributed by atoms with Crippen molar-refractivity contribution in [2.75, 3.05) is 23.7 Å². The van der Waals surface area contributed by atoms with Gasteiger partial charge in [0.15, 0.2) is 0 Å². The highest BCUT2D eigenvalue weighted by Gasteiger charge is 2.33. The molecule has 0 aromatic heterocycles. The van der Waals surface area contributed by atoms with Crippen molar-refractivity contribution in [1.29, 1.82) is 0 Å². The van der Waals surface area contributed by atoms with E-state index < -0.39 is 28.5 Å². The fourth-order valence-electron chi connectivity index (χ4n) is 4.19. The molecule has 0 aliphatic rings. The average molecular weight is 570 g/mol. The number of unbranched alkanes of at least 4 members (excludes halogenated alkanes) is 1. The molecule has 7 nitrogen and oxygen atoms in total. The average Bonchev–Trinajstić information content (AvgIpc) is 2.91. The third-order valence-electron chi connectivity index (χ3n) is 6.42. The van der Waals surface area contributed by atoms with Crippen molar-refractivity contribution in [2.24, 2.45) is 0 Å². The van der Waals surface area contributed by atoms with Crippen LogP contribution in [-0.2, 0) is 32.6 Å². The molecule has 1 N–H and O–H groups in total. The van der Waals surface area contributed by atoms with Crippen molar-refractivity contribution in [1.82, 2.24) is 10.2 Å². The molecule has 2 amide bonds. The summed E-state index contributed by atoms with van der Waals surface area (Å²) in [4.78, 5) is 29.0. The zero-order valence-electron chi connectivity index (χ0n) is 22.6. The number of anilines is 1. The van der Waals surface area contributed by atoms with E-state index in [1.165, 1.54) is 11.0 Å². The maximum atomic E-state index is 14.0. The van der Waals surface area contributed by atoms with Crippen LogP contribution in [0.25, 0.3) is 0 Å². The fraction of sp³-hybridized carbons (Fsp3) is 0.333. The molecular formula is C30H36ClN3O4S. The highest BCUT2D eigenvalue weighted by molar-refractivity contribution is 7.92. The van der Waals surface area contributed by atoms with Crippen LogP contribution in [0.4, 0.5) is 5.69 Å². The molecule has 3 aromatic carbocycles. The molecule has 0 spiro atoms. The SMILES string of the molecule is CCCCNC(=O)[C@H](Cc1ccccc1)N(Cc1ccccc1)C(=O)CN(c1ccc(C)c(Cl)c1)S(C)(=O)=O. The predicted molar refractivity (Wildman–Crippen MR) is 157 cm³/mol. The highest BCUT2D eigenvalue weighted by Crippen LogP contribution is 2.25. The van der Waals surface area contributed by atoms with Gasteiger partial charge in [-0.15, -0.1) is 0 Å². The van der Waals surface area contributed by atoms with Crippen molar-refractivity contribution in [3.8, 4) is 0 Å². The summed E-state index contributed by atoms with van der Waals surface area (Å²) in [5, 5.41) is 3.37. The van der Waals surface area contributed by atoms with E-state index in [-0.39, 0.29) is 24.6 Å². The quantitative estimate of drug-likeness (QED) is 0.294. The smallest absolute Gasteiger partial charge is 0.244 e. The van der Waals surface area contributed by atoms with Gasteiger partial charge in [0.25, 0.3) is 0 Å². The molecule has 0 bridgehead atoms. The number of rotatable bonds is 13. The maximum absolute atomic E-state index is 14.0. The molecule has 0 saturated heterocycles. The Bertz CT molecular complexity index is 1350. The number of aryl methyl sites for hydroxylation is 1. The minimum Gasteiger partial charge on any atom is -0.354 e. The van der Waals surface area contributed by atoms with Crippen molar-refractivity contribution in [2.45, 2.75) is 45.7 Å². The second kappa shape index (κ2) is 14.1. The number of sulfonamides is 1. The summed E-state index contributed by atoms with van der Waals surface area (Å²) in [5.74, 6) is -0.770. The Balaban J connectivity index is 2.02. The van der Waals surface area contributed by atoms with Crippen LogP contribution in [0.5, 0.6) is 0 Å². The highest BCUT2D eigenvalue weighted by atomic mass is 35.5. The van der Waals surface area contributed by atoms with Gasteiger partial charge in [0.1, 0.15) is 12.6 Å². The lowest BCUT2D eigenvalue weighted by Gasteiger charge is -2.33. The molecule has 0 heterocycles. The van der Waals surface area contributed by atoms with Crippen molar-refractivity contribution in [3.63, 3.8) is 0 Å². The Morgan fingerprint density at radius 2 is 1.56 bits per heavy atom. The van der Waals surface area contributed by atoms with Crippen LogP contribution in [0.3, 0.4) is 0 Å². The summed E-state index contributed by atoms with van der Waals surface area (Å²) < 4.78 is 26.7. The molecule has 0 aliphatic heterocycles. The first-order valence-corrected chi connectivity index (χ1v) is 15.2. The third kappa shape index (κ3) is 8.83. The zero-order valence-corrected chi connectivity index (χ0v) is 24.2. The molecule has 0 fully saturated rings. The number of hydrogen-bond acceptors (Lipinski definition) is 4. The largest absolute Gasteiger partial charge is 0.354 e. The van der Waals surface area contributed by atoms with E-state index in [1.54, 1.807) is 12.1 Å². The van der Waals surface area contributed by atoms with Crippen LogP contribution in [-0.4, -0.2) is 50.5 Å². The summed E-state index contributed by atoms with van der Waals surface area (Å²) in [6.07, 6.45) is 3.06. The van der Waals surface area contributed by atoms with Crippen LogP contribution < -0.4 is 9.62 Å². The van der Waals surface area contributed by atoms with Gasteiger partial charge in [-0.2, -0.15) is 0 Å². The summed E-state index contributed by atoms with van der Waals surface area (Å²) in [6, 6.07) is 22.9. The Labute approximate surface area is 236 Å². The Kier molecular flexibility index (Phi) is 10.9. The van der Waals surface area contributed by atoms with Crippen LogP contribution in [0.2, 0.25) is 5.02 Å². The van der Waals surface area contributed by atoms with E-state index in [9.17, 15) is 18.0 Å². The zero-order chi connectivity index (χ0) is 28.4. The standard InChI is InChI=1S/C30H36ClN3O4S/c1-4-5-18-32-30(36)28(19-24-12-8-6-9-13-24)33(21-25-14-10-7-11-15-25)29(35)22-34(39(3,37)38)26-17-16-23(2)27(31)20-26/h6-17,20,28H,4-5,18-19,21-22H2,1-3H3,(H,32,36)/t28-/m0/s1. The van der Waals surface area contributed by atoms with Crippen molar-refractivity contribution in [3.05, 3.63) is 101 Å². The number of nitrogens with zero attached hydrogens (tertiary/aromatic N) is 2. The Morgan fingerprint density at radius 3 is 2.13 bits per heavy atom. The number of halogens is 1. The van der Waals surface area contributed by atoms with Gasteiger partial charge in [0, 0.05) is 24.5 Å². The van der Waals surface area contributed by atoms with E-state index in [4.69, 9.17) is 11.6 Å². The van der Waals surface area contributed by atoms with Gasteiger partial charge in [-0.1, -0.05) is 91.7 Å². The van der Waals surface area contributed by atoms with E-state index in [0.717, 1.165) is 40.1 Å². The number of hydrogen-bond donors (Lipinski definition) is 1. The topological polar surface area (TPSA) is 86.8 Å². The summed E-state index contributed by atoms with van der Waals surface area (Å²) >= 11 is 6.29.